The predicted octanol–water partition coefficient (Wildman–Crippen LogP) is 3.54. The van der Waals surface area contributed by atoms with Crippen LogP contribution < -0.4 is 0 Å². The Labute approximate surface area is 130 Å². The Morgan fingerprint density at radius 1 is 1.05 bits per heavy atom. The van der Waals surface area contributed by atoms with Crippen molar-refractivity contribution in [3.05, 3.63) is 71.8 Å². The number of benzene rings is 2. The molecule has 1 aliphatic heterocycles. The van der Waals surface area contributed by atoms with E-state index in [1.807, 2.05) is 65.7 Å². The molecule has 0 amide bonds. The molecule has 4 heteroatoms. The summed E-state index contributed by atoms with van der Waals surface area (Å²) in [6.07, 6.45) is 0. The van der Waals surface area contributed by atoms with Gasteiger partial charge < -0.3 is 4.74 Å². The van der Waals surface area contributed by atoms with Gasteiger partial charge in [-0.2, -0.15) is 5.06 Å². The maximum Gasteiger partial charge on any atom is 0.167 e. The first-order valence-electron chi connectivity index (χ1n) is 7.06. The highest BCUT2D eigenvalue weighted by atomic mass is 35.5. The topological polar surface area (TPSA) is 21.7 Å². The maximum absolute atomic E-state index is 6.81. The number of rotatable bonds is 4. The zero-order valence-electron chi connectivity index (χ0n) is 11.7. The summed E-state index contributed by atoms with van der Waals surface area (Å²) in [7, 11) is 0. The van der Waals surface area contributed by atoms with Crippen LogP contribution in [0.2, 0.25) is 0 Å². The van der Waals surface area contributed by atoms with Gasteiger partial charge in [-0.05, 0) is 11.1 Å². The van der Waals surface area contributed by atoms with Crippen molar-refractivity contribution in [3.63, 3.8) is 0 Å². The van der Waals surface area contributed by atoms with Gasteiger partial charge in [-0.1, -0.05) is 72.3 Å². The van der Waals surface area contributed by atoms with E-state index in [0.29, 0.717) is 26.4 Å². The molecule has 0 aromatic heterocycles. The van der Waals surface area contributed by atoms with Gasteiger partial charge in [0, 0.05) is 0 Å². The van der Waals surface area contributed by atoms with Gasteiger partial charge >= 0.3 is 0 Å². The summed E-state index contributed by atoms with van der Waals surface area (Å²) >= 11 is 6.81. The Hall–Kier alpha value is -1.39. The number of hydrogen-bond acceptors (Lipinski definition) is 3. The molecule has 0 radical (unpaired) electrons. The third kappa shape index (κ3) is 3.27. The molecular formula is C17H18ClNO2. The summed E-state index contributed by atoms with van der Waals surface area (Å²) < 4.78 is 5.57. The second-order valence-electron chi connectivity index (χ2n) is 5.04. The lowest BCUT2D eigenvalue weighted by Crippen LogP contribution is -2.50. The van der Waals surface area contributed by atoms with E-state index in [4.69, 9.17) is 21.2 Å². The van der Waals surface area contributed by atoms with Crippen LogP contribution in [0.5, 0.6) is 0 Å². The lowest BCUT2D eigenvalue weighted by atomic mass is 10.1. The number of halogens is 1. The lowest BCUT2D eigenvalue weighted by molar-refractivity contribution is -0.250. The Balaban J connectivity index is 1.75. The van der Waals surface area contributed by atoms with Gasteiger partial charge in [-0.3, -0.25) is 4.84 Å². The fourth-order valence-corrected chi connectivity index (χ4v) is 2.75. The van der Waals surface area contributed by atoms with Crippen molar-refractivity contribution in [3.8, 4) is 0 Å². The third-order valence-corrected chi connectivity index (χ3v) is 4.09. The molecule has 2 aromatic carbocycles. The fraction of sp³-hybridized carbons (Fsp3) is 0.294. The summed E-state index contributed by atoms with van der Waals surface area (Å²) in [5.41, 5.74) is 2.11. The van der Waals surface area contributed by atoms with E-state index in [1.54, 1.807) is 0 Å². The summed E-state index contributed by atoms with van der Waals surface area (Å²) in [5, 5.41) is 1.83. The molecule has 0 spiro atoms. The molecule has 3 nitrogen and oxygen atoms in total. The van der Waals surface area contributed by atoms with E-state index in [9.17, 15) is 0 Å². The summed E-state index contributed by atoms with van der Waals surface area (Å²) in [5.74, 6) is 0. The van der Waals surface area contributed by atoms with Crippen LogP contribution in [0.4, 0.5) is 0 Å². The van der Waals surface area contributed by atoms with Crippen LogP contribution in [-0.2, 0) is 21.2 Å². The minimum atomic E-state index is -0.770. The molecule has 0 saturated carbocycles. The number of hydroxylamine groups is 2. The van der Waals surface area contributed by atoms with Crippen LogP contribution in [0.3, 0.4) is 0 Å². The largest absolute Gasteiger partial charge is 0.376 e. The molecule has 1 atom stereocenters. The van der Waals surface area contributed by atoms with Crippen molar-refractivity contribution >= 4 is 11.6 Å². The van der Waals surface area contributed by atoms with E-state index < -0.39 is 5.00 Å². The quantitative estimate of drug-likeness (QED) is 0.637. The van der Waals surface area contributed by atoms with Gasteiger partial charge in [-0.15, -0.1) is 0 Å². The number of ether oxygens (including phenoxy) is 1. The normalized spacial score (nSPS) is 23.1. The van der Waals surface area contributed by atoms with Gasteiger partial charge in [0.25, 0.3) is 0 Å². The van der Waals surface area contributed by atoms with Crippen LogP contribution in [0.1, 0.15) is 11.1 Å². The van der Waals surface area contributed by atoms with Gasteiger partial charge in [0.15, 0.2) is 5.00 Å². The minimum absolute atomic E-state index is 0.410. The molecule has 1 aliphatic rings. The van der Waals surface area contributed by atoms with Crippen LogP contribution >= 0.6 is 11.6 Å². The number of morpholine rings is 1. The zero-order chi connectivity index (χ0) is 14.5. The number of alkyl halides is 1. The van der Waals surface area contributed by atoms with E-state index in [2.05, 4.69) is 0 Å². The molecule has 1 fully saturated rings. The van der Waals surface area contributed by atoms with Crippen molar-refractivity contribution in [2.24, 2.45) is 0 Å². The van der Waals surface area contributed by atoms with Gasteiger partial charge in [0.1, 0.15) is 0 Å². The molecule has 3 rings (SSSR count). The van der Waals surface area contributed by atoms with Gasteiger partial charge in [-0.25, -0.2) is 0 Å². The summed E-state index contributed by atoms with van der Waals surface area (Å²) in [4.78, 5) is 5.19. The third-order valence-electron chi connectivity index (χ3n) is 3.57. The maximum atomic E-state index is 6.81. The molecule has 0 aliphatic carbocycles. The average Bonchev–Trinajstić information content (AvgIpc) is 2.56. The van der Waals surface area contributed by atoms with E-state index in [0.717, 1.165) is 11.1 Å². The zero-order valence-corrected chi connectivity index (χ0v) is 12.5. The van der Waals surface area contributed by atoms with E-state index >= 15 is 0 Å². The van der Waals surface area contributed by atoms with E-state index in [-0.39, 0.29) is 0 Å². The van der Waals surface area contributed by atoms with Crippen molar-refractivity contribution in [2.75, 3.05) is 19.8 Å². The lowest BCUT2D eigenvalue weighted by Gasteiger charge is -2.41. The highest BCUT2D eigenvalue weighted by Crippen LogP contribution is 2.36. The Bertz CT molecular complexity index is 564. The average molecular weight is 304 g/mol. The number of nitrogens with zero attached hydrogens (tertiary/aromatic N) is 1. The predicted molar refractivity (Wildman–Crippen MR) is 82.7 cm³/mol. The Morgan fingerprint density at radius 2 is 1.71 bits per heavy atom. The van der Waals surface area contributed by atoms with Crippen molar-refractivity contribution in [2.45, 2.75) is 11.6 Å². The van der Waals surface area contributed by atoms with Crippen LogP contribution in [0, 0.1) is 0 Å². The molecule has 0 bridgehead atoms. The fourth-order valence-electron chi connectivity index (χ4n) is 2.42. The van der Waals surface area contributed by atoms with Crippen LogP contribution in [0.25, 0.3) is 0 Å². The van der Waals surface area contributed by atoms with Crippen LogP contribution in [-0.4, -0.2) is 24.8 Å². The second-order valence-corrected chi connectivity index (χ2v) is 5.66. The highest BCUT2D eigenvalue weighted by Gasteiger charge is 2.40. The molecular weight excluding hydrogens is 286 g/mol. The molecule has 1 heterocycles. The van der Waals surface area contributed by atoms with Crippen LogP contribution in [0.15, 0.2) is 60.7 Å². The number of hydrogen-bond donors (Lipinski definition) is 0. The Kier molecular flexibility index (Phi) is 4.56. The van der Waals surface area contributed by atoms with E-state index in [1.165, 1.54) is 0 Å². The first-order valence-corrected chi connectivity index (χ1v) is 7.43. The standard InChI is InChI=1S/C17H18ClNO2/c18-17(16-9-5-2-6-10-16)14-20-12-11-19(17)21-13-15-7-3-1-4-8-15/h1-10H,11-14H2/t17-/m0/s1. The van der Waals surface area contributed by atoms with Crippen molar-refractivity contribution < 1.29 is 9.57 Å². The summed E-state index contributed by atoms with van der Waals surface area (Å²) in [6.45, 7) is 2.18. The molecule has 0 N–H and O–H groups in total. The smallest absolute Gasteiger partial charge is 0.167 e. The molecule has 1 saturated heterocycles. The molecule has 110 valence electrons. The highest BCUT2D eigenvalue weighted by molar-refractivity contribution is 6.23. The monoisotopic (exact) mass is 303 g/mol. The molecule has 21 heavy (non-hydrogen) atoms. The summed E-state index contributed by atoms with van der Waals surface area (Å²) in [6, 6.07) is 20.0. The van der Waals surface area contributed by atoms with Gasteiger partial charge in [0.2, 0.25) is 0 Å². The minimum Gasteiger partial charge on any atom is -0.376 e. The first-order chi connectivity index (χ1) is 10.3. The van der Waals surface area contributed by atoms with Crippen molar-refractivity contribution in [1.82, 2.24) is 5.06 Å². The molecule has 2 aromatic rings. The SMILES string of the molecule is Cl[C@@]1(c2ccccc2)COCCN1OCc1ccccc1. The van der Waals surface area contributed by atoms with Crippen molar-refractivity contribution in [1.29, 1.82) is 0 Å². The Morgan fingerprint density at radius 3 is 2.43 bits per heavy atom. The molecule has 0 unspecified atom stereocenters. The van der Waals surface area contributed by atoms with Gasteiger partial charge in [0.05, 0.1) is 26.4 Å². The second kappa shape index (κ2) is 6.58. The first kappa shape index (κ1) is 14.5.